The molecule has 0 amide bonds. The molecule has 0 atom stereocenters. The molecule has 1 saturated heterocycles. The highest BCUT2D eigenvalue weighted by Gasteiger charge is 2.31. The van der Waals surface area contributed by atoms with Gasteiger partial charge in [-0.1, -0.05) is 11.8 Å². The van der Waals surface area contributed by atoms with E-state index in [1.165, 1.54) is 24.6 Å². The van der Waals surface area contributed by atoms with Crippen LogP contribution in [-0.2, 0) is 16.1 Å². The van der Waals surface area contributed by atoms with Crippen molar-refractivity contribution >= 4 is 17.7 Å². The van der Waals surface area contributed by atoms with Crippen LogP contribution in [0.25, 0.3) is 0 Å². The fourth-order valence-corrected chi connectivity index (χ4v) is 3.21. The maximum Gasteiger partial charge on any atom is 0.313 e. The molecular formula is C13H19N3O3S. The Kier molecular flexibility index (Phi) is 4.26. The van der Waals surface area contributed by atoms with Gasteiger partial charge < -0.3 is 14.4 Å². The van der Waals surface area contributed by atoms with Crippen LogP contribution in [0.3, 0.4) is 0 Å². The van der Waals surface area contributed by atoms with E-state index in [0.717, 1.165) is 43.6 Å². The number of carboxylic acid groups (broad SMARTS) is 1. The molecule has 1 saturated carbocycles. The molecule has 7 heteroatoms. The molecule has 6 nitrogen and oxygen atoms in total. The lowest BCUT2D eigenvalue weighted by molar-refractivity contribution is -0.133. The summed E-state index contributed by atoms with van der Waals surface area (Å²) >= 11 is 1.27. The largest absolute Gasteiger partial charge is 0.481 e. The molecule has 1 aliphatic heterocycles. The van der Waals surface area contributed by atoms with Crippen molar-refractivity contribution < 1.29 is 14.6 Å². The van der Waals surface area contributed by atoms with Crippen LogP contribution in [0.1, 0.15) is 37.4 Å². The maximum absolute atomic E-state index is 10.7. The second-order valence-electron chi connectivity index (χ2n) is 5.46. The Labute approximate surface area is 121 Å². The third-order valence-electron chi connectivity index (χ3n) is 3.79. The zero-order valence-electron chi connectivity index (χ0n) is 11.3. The van der Waals surface area contributed by atoms with Crippen molar-refractivity contribution in [3.63, 3.8) is 0 Å². The maximum atomic E-state index is 10.7. The lowest BCUT2D eigenvalue weighted by Gasteiger charge is -2.23. The fraction of sp³-hybridized carbons (Fsp3) is 0.769. The molecular weight excluding hydrogens is 278 g/mol. The number of hydrogen-bond donors (Lipinski definition) is 1. The molecule has 2 aliphatic rings. The standard InChI is InChI=1S/C13H19N3O3S/c17-11(18)8-20-13-15-14-12(10-1-2-10)16(13)7-9-3-5-19-6-4-9/h9-10H,1-8H2,(H,17,18). The molecule has 0 aromatic carbocycles. The summed E-state index contributed by atoms with van der Waals surface area (Å²) in [4.78, 5) is 10.7. The van der Waals surface area contributed by atoms with Gasteiger partial charge in [-0.25, -0.2) is 0 Å². The summed E-state index contributed by atoms with van der Waals surface area (Å²) in [6, 6.07) is 0. The van der Waals surface area contributed by atoms with E-state index in [1.807, 2.05) is 0 Å². The van der Waals surface area contributed by atoms with E-state index in [9.17, 15) is 4.79 Å². The van der Waals surface area contributed by atoms with Crippen LogP contribution in [0.15, 0.2) is 5.16 Å². The van der Waals surface area contributed by atoms with Crippen LogP contribution in [0.4, 0.5) is 0 Å². The molecule has 110 valence electrons. The summed E-state index contributed by atoms with van der Waals surface area (Å²) < 4.78 is 7.55. The van der Waals surface area contributed by atoms with Crippen LogP contribution in [0.2, 0.25) is 0 Å². The number of aliphatic carboxylic acids is 1. The number of carboxylic acids is 1. The predicted molar refractivity (Wildman–Crippen MR) is 73.9 cm³/mol. The molecule has 3 rings (SSSR count). The van der Waals surface area contributed by atoms with Crippen LogP contribution in [0, 0.1) is 5.92 Å². The van der Waals surface area contributed by atoms with Crippen molar-refractivity contribution in [3.8, 4) is 0 Å². The first-order valence-electron chi connectivity index (χ1n) is 7.09. The average molecular weight is 297 g/mol. The van der Waals surface area contributed by atoms with Crippen molar-refractivity contribution in [3.05, 3.63) is 5.82 Å². The molecule has 0 radical (unpaired) electrons. The molecule has 0 unspecified atom stereocenters. The summed E-state index contributed by atoms with van der Waals surface area (Å²) in [6.45, 7) is 2.54. The van der Waals surface area contributed by atoms with E-state index in [1.54, 1.807) is 0 Å². The third-order valence-corrected chi connectivity index (χ3v) is 4.75. The number of thioether (sulfide) groups is 1. The molecule has 1 N–H and O–H groups in total. The van der Waals surface area contributed by atoms with E-state index in [-0.39, 0.29) is 5.75 Å². The van der Waals surface area contributed by atoms with Gasteiger partial charge in [-0.15, -0.1) is 10.2 Å². The van der Waals surface area contributed by atoms with Gasteiger partial charge in [-0.2, -0.15) is 0 Å². The monoisotopic (exact) mass is 297 g/mol. The predicted octanol–water partition coefficient (Wildman–Crippen LogP) is 1.76. The molecule has 1 aliphatic carbocycles. The second-order valence-corrected chi connectivity index (χ2v) is 6.41. The minimum atomic E-state index is -0.816. The molecule has 20 heavy (non-hydrogen) atoms. The number of carbonyl (C=O) groups is 1. The van der Waals surface area contributed by atoms with E-state index in [0.29, 0.717) is 11.8 Å². The van der Waals surface area contributed by atoms with E-state index in [2.05, 4.69) is 14.8 Å². The minimum absolute atomic E-state index is 0.0383. The number of aromatic nitrogens is 3. The number of hydrogen-bond acceptors (Lipinski definition) is 5. The van der Waals surface area contributed by atoms with E-state index in [4.69, 9.17) is 9.84 Å². The summed E-state index contributed by atoms with van der Waals surface area (Å²) in [5.74, 6) is 1.38. The van der Waals surface area contributed by atoms with Crippen molar-refractivity contribution in [2.45, 2.75) is 43.3 Å². The first-order chi connectivity index (χ1) is 9.74. The van der Waals surface area contributed by atoms with Crippen LogP contribution >= 0.6 is 11.8 Å². The lowest BCUT2D eigenvalue weighted by Crippen LogP contribution is -2.21. The fourth-order valence-electron chi connectivity index (χ4n) is 2.54. The molecule has 0 bridgehead atoms. The van der Waals surface area contributed by atoms with Gasteiger partial charge >= 0.3 is 5.97 Å². The van der Waals surface area contributed by atoms with Crippen molar-refractivity contribution in [2.75, 3.05) is 19.0 Å². The van der Waals surface area contributed by atoms with Gasteiger partial charge in [0, 0.05) is 25.7 Å². The van der Waals surface area contributed by atoms with Gasteiger partial charge in [0.05, 0.1) is 5.75 Å². The Hall–Kier alpha value is -1.08. The van der Waals surface area contributed by atoms with Gasteiger partial charge in [0.1, 0.15) is 5.82 Å². The molecule has 2 fully saturated rings. The Bertz CT molecular complexity index is 481. The zero-order valence-corrected chi connectivity index (χ0v) is 12.1. The first kappa shape index (κ1) is 13.9. The topological polar surface area (TPSA) is 77.2 Å². The average Bonchev–Trinajstić information content (AvgIpc) is 3.21. The minimum Gasteiger partial charge on any atom is -0.481 e. The number of nitrogens with zero attached hydrogens (tertiary/aromatic N) is 3. The highest BCUT2D eigenvalue weighted by molar-refractivity contribution is 7.99. The van der Waals surface area contributed by atoms with Gasteiger partial charge in [-0.05, 0) is 31.6 Å². The summed E-state index contributed by atoms with van der Waals surface area (Å²) in [7, 11) is 0. The van der Waals surface area contributed by atoms with Gasteiger partial charge in [0.25, 0.3) is 0 Å². The summed E-state index contributed by atoms with van der Waals surface area (Å²) in [5.41, 5.74) is 0. The lowest BCUT2D eigenvalue weighted by atomic mass is 10.0. The Morgan fingerprint density at radius 1 is 1.30 bits per heavy atom. The molecule has 2 heterocycles. The zero-order chi connectivity index (χ0) is 13.9. The normalized spacial score (nSPS) is 20.2. The molecule has 1 aromatic heterocycles. The SMILES string of the molecule is O=C(O)CSc1nnc(C2CC2)n1CC1CCOCC1. The van der Waals surface area contributed by atoms with Gasteiger partial charge in [0.15, 0.2) is 5.16 Å². The smallest absolute Gasteiger partial charge is 0.313 e. The van der Waals surface area contributed by atoms with Crippen LogP contribution in [-0.4, -0.2) is 44.8 Å². The van der Waals surface area contributed by atoms with Crippen molar-refractivity contribution in [1.82, 2.24) is 14.8 Å². The third kappa shape index (κ3) is 3.32. The van der Waals surface area contributed by atoms with Gasteiger partial charge in [0.2, 0.25) is 0 Å². The second kappa shape index (κ2) is 6.13. The van der Waals surface area contributed by atoms with Crippen molar-refractivity contribution in [1.29, 1.82) is 0 Å². The molecule has 0 spiro atoms. The Balaban J connectivity index is 1.73. The Morgan fingerprint density at radius 2 is 2.05 bits per heavy atom. The quantitative estimate of drug-likeness (QED) is 0.806. The van der Waals surface area contributed by atoms with E-state index < -0.39 is 5.97 Å². The first-order valence-corrected chi connectivity index (χ1v) is 8.08. The summed E-state index contributed by atoms with van der Waals surface area (Å²) in [5, 5.41) is 18.1. The highest BCUT2D eigenvalue weighted by atomic mass is 32.2. The van der Waals surface area contributed by atoms with Crippen LogP contribution in [0.5, 0.6) is 0 Å². The summed E-state index contributed by atoms with van der Waals surface area (Å²) in [6.07, 6.45) is 4.47. The van der Waals surface area contributed by atoms with Crippen molar-refractivity contribution in [2.24, 2.45) is 5.92 Å². The van der Waals surface area contributed by atoms with Gasteiger partial charge in [-0.3, -0.25) is 4.79 Å². The highest BCUT2D eigenvalue weighted by Crippen LogP contribution is 2.40. The Morgan fingerprint density at radius 3 is 2.70 bits per heavy atom. The van der Waals surface area contributed by atoms with E-state index >= 15 is 0 Å². The van der Waals surface area contributed by atoms with Crippen LogP contribution < -0.4 is 0 Å². The number of rotatable bonds is 6. The number of ether oxygens (including phenoxy) is 1. The molecule has 1 aromatic rings.